The third-order valence-corrected chi connectivity index (χ3v) is 2.87. The van der Waals surface area contributed by atoms with Crippen molar-refractivity contribution in [2.75, 3.05) is 0 Å². The van der Waals surface area contributed by atoms with Crippen LogP contribution < -0.4 is 5.69 Å². The van der Waals surface area contributed by atoms with E-state index in [1.165, 1.54) is 5.56 Å². The van der Waals surface area contributed by atoms with Crippen LogP contribution >= 0.6 is 0 Å². The number of nitrogens with one attached hydrogen (secondary N) is 1. The van der Waals surface area contributed by atoms with E-state index < -0.39 is 0 Å². The highest BCUT2D eigenvalue weighted by Crippen LogP contribution is 2.11. The van der Waals surface area contributed by atoms with Crippen LogP contribution in [0.5, 0.6) is 0 Å². The molecule has 0 aliphatic heterocycles. The van der Waals surface area contributed by atoms with Crippen molar-refractivity contribution < 1.29 is 0 Å². The Bertz CT molecular complexity index is 534. The van der Waals surface area contributed by atoms with Crippen molar-refractivity contribution >= 4 is 0 Å². The van der Waals surface area contributed by atoms with Crippen LogP contribution in [0, 0.1) is 13.8 Å². The van der Waals surface area contributed by atoms with Gasteiger partial charge >= 0.3 is 5.69 Å². The Hall–Kier alpha value is -1.97. The van der Waals surface area contributed by atoms with Crippen molar-refractivity contribution in [3.63, 3.8) is 0 Å². The van der Waals surface area contributed by atoms with Crippen molar-refractivity contribution in [1.29, 1.82) is 0 Å². The molecule has 0 radical (unpaired) electrons. The molecular weight excluding hydrogens is 214 g/mol. The molecule has 88 valence electrons. The van der Waals surface area contributed by atoms with Gasteiger partial charge in [-0.15, -0.1) is 0 Å². The van der Waals surface area contributed by atoms with Crippen molar-refractivity contribution in [1.82, 2.24) is 15.0 Å². The largest absolute Gasteiger partial charge is 0.345 e. The summed E-state index contributed by atoms with van der Waals surface area (Å²) < 4.78 is 0. The normalized spacial score (nSPS) is 10.5. The van der Waals surface area contributed by atoms with E-state index in [4.69, 9.17) is 0 Å². The second kappa shape index (κ2) is 4.91. The number of aryl methyl sites for hydroxylation is 3. The molecule has 1 N–H and O–H groups in total. The summed E-state index contributed by atoms with van der Waals surface area (Å²) in [6.45, 7) is 3.79. The van der Waals surface area contributed by atoms with Crippen LogP contribution in [0.1, 0.15) is 22.5 Å². The Balaban J connectivity index is 2.17. The van der Waals surface area contributed by atoms with Crippen LogP contribution in [0.25, 0.3) is 0 Å². The molecular formula is C13H15N3O. The predicted octanol–water partition coefficient (Wildman–Crippen LogP) is 1.57. The molecule has 4 nitrogen and oxygen atoms in total. The zero-order chi connectivity index (χ0) is 12.3. The third-order valence-electron chi connectivity index (χ3n) is 2.87. The predicted molar refractivity (Wildman–Crippen MR) is 66.0 cm³/mol. The lowest BCUT2D eigenvalue weighted by Crippen LogP contribution is -2.16. The van der Waals surface area contributed by atoms with Gasteiger partial charge in [-0.25, -0.2) is 4.79 Å². The van der Waals surface area contributed by atoms with Crippen LogP contribution in [0.15, 0.2) is 29.3 Å². The van der Waals surface area contributed by atoms with Gasteiger partial charge in [0.1, 0.15) is 0 Å². The fraction of sp³-hybridized carbons (Fsp3) is 0.308. The van der Waals surface area contributed by atoms with Gasteiger partial charge in [0, 0.05) is 23.8 Å². The molecule has 2 heterocycles. The molecule has 0 fully saturated rings. The highest BCUT2D eigenvalue weighted by atomic mass is 16.1. The molecule has 2 aromatic heterocycles. The van der Waals surface area contributed by atoms with Gasteiger partial charge in [0.05, 0.1) is 0 Å². The van der Waals surface area contributed by atoms with Gasteiger partial charge in [-0.05, 0) is 49.9 Å². The molecule has 0 spiro atoms. The Morgan fingerprint density at radius 2 is 1.88 bits per heavy atom. The third kappa shape index (κ3) is 2.78. The number of nitrogens with zero attached hydrogens (tertiary/aromatic N) is 2. The summed E-state index contributed by atoms with van der Waals surface area (Å²) >= 11 is 0. The summed E-state index contributed by atoms with van der Waals surface area (Å²) in [6.07, 6.45) is 5.39. The van der Waals surface area contributed by atoms with Crippen molar-refractivity contribution in [2.24, 2.45) is 0 Å². The Morgan fingerprint density at radius 3 is 2.53 bits per heavy atom. The Morgan fingerprint density at radius 1 is 1.18 bits per heavy atom. The van der Waals surface area contributed by atoms with E-state index in [1.54, 1.807) is 12.4 Å². The lowest BCUT2D eigenvalue weighted by molar-refractivity contribution is 0.867. The second-order valence-corrected chi connectivity index (χ2v) is 4.09. The fourth-order valence-corrected chi connectivity index (χ4v) is 1.94. The molecule has 17 heavy (non-hydrogen) atoms. The molecule has 0 amide bonds. The number of hydrogen-bond donors (Lipinski definition) is 1. The first kappa shape index (κ1) is 11.5. The summed E-state index contributed by atoms with van der Waals surface area (Å²) in [4.78, 5) is 21.8. The maximum absolute atomic E-state index is 11.2. The maximum Gasteiger partial charge on any atom is 0.345 e. The fourth-order valence-electron chi connectivity index (χ4n) is 1.94. The summed E-state index contributed by atoms with van der Waals surface area (Å²) in [7, 11) is 0. The molecule has 4 heteroatoms. The highest BCUT2D eigenvalue weighted by molar-refractivity contribution is 5.24. The summed E-state index contributed by atoms with van der Waals surface area (Å²) in [5.41, 5.74) is 3.83. The number of aromatic nitrogens is 3. The lowest BCUT2D eigenvalue weighted by atomic mass is 10.0. The molecule has 0 bridgehead atoms. The molecule has 0 unspecified atom stereocenters. The first-order chi connectivity index (χ1) is 8.16. The maximum atomic E-state index is 11.2. The molecule has 2 aromatic rings. The molecule has 0 atom stereocenters. The van der Waals surface area contributed by atoms with E-state index in [9.17, 15) is 4.79 Å². The highest BCUT2D eigenvalue weighted by Gasteiger charge is 2.05. The average Bonchev–Trinajstić information content (AvgIpc) is 2.29. The van der Waals surface area contributed by atoms with Crippen LogP contribution in [0.3, 0.4) is 0 Å². The van der Waals surface area contributed by atoms with E-state index in [1.807, 2.05) is 26.0 Å². The van der Waals surface area contributed by atoms with Crippen molar-refractivity contribution in [2.45, 2.75) is 26.7 Å². The monoisotopic (exact) mass is 229 g/mol. The van der Waals surface area contributed by atoms with Gasteiger partial charge in [-0.1, -0.05) is 0 Å². The minimum absolute atomic E-state index is 0.271. The van der Waals surface area contributed by atoms with E-state index in [-0.39, 0.29) is 5.69 Å². The quantitative estimate of drug-likeness (QED) is 0.869. The number of pyridine rings is 1. The molecule has 0 aliphatic carbocycles. The lowest BCUT2D eigenvalue weighted by Gasteiger charge is -2.07. The van der Waals surface area contributed by atoms with E-state index in [2.05, 4.69) is 15.0 Å². The molecule has 0 saturated carbocycles. The number of hydrogen-bond acceptors (Lipinski definition) is 3. The van der Waals surface area contributed by atoms with E-state index >= 15 is 0 Å². The average molecular weight is 229 g/mol. The zero-order valence-corrected chi connectivity index (χ0v) is 10.0. The van der Waals surface area contributed by atoms with Gasteiger partial charge in [0.2, 0.25) is 0 Å². The van der Waals surface area contributed by atoms with E-state index in [0.717, 1.165) is 29.8 Å². The SMILES string of the molecule is Cc1nc(=O)[nH]c(C)c1CCc1ccncc1. The standard InChI is InChI=1S/C13H15N3O/c1-9-12(10(2)16-13(17)15-9)4-3-11-5-7-14-8-6-11/h5-8H,3-4H2,1-2H3,(H,15,16,17). The molecule has 0 saturated heterocycles. The summed E-state index contributed by atoms with van der Waals surface area (Å²) in [6, 6.07) is 4.01. The van der Waals surface area contributed by atoms with Crippen LogP contribution in [0.4, 0.5) is 0 Å². The van der Waals surface area contributed by atoms with Crippen molar-refractivity contribution in [3.8, 4) is 0 Å². The van der Waals surface area contributed by atoms with Crippen molar-refractivity contribution in [3.05, 3.63) is 57.5 Å². The van der Waals surface area contributed by atoms with Gasteiger partial charge < -0.3 is 4.98 Å². The Labute approximate surface area is 99.8 Å². The van der Waals surface area contributed by atoms with Crippen LogP contribution in [0.2, 0.25) is 0 Å². The molecule has 0 aromatic carbocycles. The minimum Gasteiger partial charge on any atom is -0.310 e. The number of rotatable bonds is 3. The summed E-state index contributed by atoms with van der Waals surface area (Å²) in [5, 5.41) is 0. The summed E-state index contributed by atoms with van der Waals surface area (Å²) in [5.74, 6) is 0. The second-order valence-electron chi connectivity index (χ2n) is 4.09. The minimum atomic E-state index is -0.271. The first-order valence-electron chi connectivity index (χ1n) is 5.62. The zero-order valence-electron chi connectivity index (χ0n) is 10.0. The topological polar surface area (TPSA) is 58.6 Å². The first-order valence-corrected chi connectivity index (χ1v) is 5.62. The molecule has 0 aliphatic rings. The van der Waals surface area contributed by atoms with Crippen LogP contribution in [-0.4, -0.2) is 15.0 Å². The van der Waals surface area contributed by atoms with Gasteiger partial charge in [0.15, 0.2) is 0 Å². The number of H-pyrrole nitrogens is 1. The Kier molecular flexibility index (Phi) is 3.32. The smallest absolute Gasteiger partial charge is 0.310 e. The van der Waals surface area contributed by atoms with Crippen LogP contribution in [-0.2, 0) is 12.8 Å². The van der Waals surface area contributed by atoms with Gasteiger partial charge in [-0.2, -0.15) is 4.98 Å². The van der Waals surface area contributed by atoms with Gasteiger partial charge in [0.25, 0.3) is 0 Å². The van der Waals surface area contributed by atoms with Gasteiger partial charge in [-0.3, -0.25) is 4.98 Å². The van der Waals surface area contributed by atoms with E-state index in [0.29, 0.717) is 0 Å². The molecule has 2 rings (SSSR count). The number of aromatic amines is 1.